The maximum absolute atomic E-state index is 13.2. The van der Waals surface area contributed by atoms with E-state index in [0.717, 1.165) is 21.5 Å². The van der Waals surface area contributed by atoms with Gasteiger partial charge in [0.1, 0.15) is 11.4 Å². The smallest absolute Gasteiger partial charge is 0.274 e. The third kappa shape index (κ3) is 4.13. The molecule has 190 valence electrons. The Morgan fingerprint density at radius 1 is 0.450 bits per heavy atom. The Morgan fingerprint density at radius 3 is 1.32 bits per heavy atom. The fourth-order valence-electron chi connectivity index (χ4n) is 4.80. The van der Waals surface area contributed by atoms with Gasteiger partial charge in [-0.05, 0) is 36.4 Å². The maximum atomic E-state index is 13.2. The van der Waals surface area contributed by atoms with Crippen LogP contribution in [0.15, 0.2) is 109 Å². The molecule has 4 heterocycles. The molecule has 0 fully saturated rings. The van der Waals surface area contributed by atoms with Crippen molar-refractivity contribution in [3.8, 4) is 0 Å². The van der Waals surface area contributed by atoms with Gasteiger partial charge in [-0.3, -0.25) is 19.6 Å². The van der Waals surface area contributed by atoms with Crippen molar-refractivity contribution in [1.29, 1.82) is 0 Å². The zero-order valence-electron chi connectivity index (χ0n) is 21.0. The average Bonchev–Trinajstić information content (AvgIpc) is 3.01. The van der Waals surface area contributed by atoms with Gasteiger partial charge in [-0.25, -0.2) is 9.97 Å². The molecule has 0 unspecified atom stereocenters. The number of pyridine rings is 4. The predicted octanol–water partition coefficient (Wildman–Crippen LogP) is 6.38. The van der Waals surface area contributed by atoms with Gasteiger partial charge in [0.25, 0.3) is 11.8 Å². The average molecular weight is 521 g/mol. The molecule has 0 aliphatic rings. The van der Waals surface area contributed by atoms with Crippen molar-refractivity contribution in [1.82, 2.24) is 19.9 Å². The monoisotopic (exact) mass is 520 g/mol. The Balaban J connectivity index is 1.24. The SMILES string of the molecule is O=C(Nc1cccc2cccnc12)c1ccc2ccc3ccc(C(=O)Nc4cccc5cccnc45)nc3c2n1. The highest BCUT2D eigenvalue weighted by molar-refractivity contribution is 6.12. The van der Waals surface area contributed by atoms with E-state index in [4.69, 9.17) is 0 Å². The summed E-state index contributed by atoms with van der Waals surface area (Å²) in [5.74, 6) is -0.733. The van der Waals surface area contributed by atoms with Crippen LogP contribution < -0.4 is 10.6 Å². The summed E-state index contributed by atoms with van der Waals surface area (Å²) in [7, 11) is 0. The first-order valence-corrected chi connectivity index (χ1v) is 12.6. The van der Waals surface area contributed by atoms with E-state index in [-0.39, 0.29) is 23.2 Å². The molecule has 0 aliphatic carbocycles. The van der Waals surface area contributed by atoms with Crippen molar-refractivity contribution in [3.05, 3.63) is 121 Å². The van der Waals surface area contributed by atoms with Gasteiger partial charge in [0, 0.05) is 33.9 Å². The summed E-state index contributed by atoms with van der Waals surface area (Å²) in [6.07, 6.45) is 3.38. The molecule has 0 atom stereocenters. The molecule has 7 aromatic rings. The van der Waals surface area contributed by atoms with E-state index in [1.807, 2.05) is 84.9 Å². The topological polar surface area (TPSA) is 110 Å². The van der Waals surface area contributed by atoms with E-state index in [1.165, 1.54) is 0 Å². The van der Waals surface area contributed by atoms with Crippen molar-refractivity contribution in [2.24, 2.45) is 0 Å². The minimum absolute atomic E-state index is 0.228. The number of benzene rings is 3. The molecule has 8 nitrogen and oxygen atoms in total. The van der Waals surface area contributed by atoms with Crippen LogP contribution in [0.25, 0.3) is 43.6 Å². The number of anilines is 2. The van der Waals surface area contributed by atoms with Crippen LogP contribution in [0.3, 0.4) is 0 Å². The second kappa shape index (κ2) is 9.52. The summed E-state index contributed by atoms with van der Waals surface area (Å²) in [5.41, 5.74) is 4.11. The quantitative estimate of drug-likeness (QED) is 0.261. The summed E-state index contributed by atoms with van der Waals surface area (Å²) in [6.45, 7) is 0. The largest absolute Gasteiger partial charge is 0.319 e. The Bertz CT molecular complexity index is 1960. The van der Waals surface area contributed by atoms with E-state index in [0.29, 0.717) is 33.4 Å². The predicted molar refractivity (Wildman–Crippen MR) is 156 cm³/mol. The first kappa shape index (κ1) is 23.4. The van der Waals surface area contributed by atoms with E-state index in [9.17, 15) is 9.59 Å². The summed E-state index contributed by atoms with van der Waals surface area (Å²) >= 11 is 0. The van der Waals surface area contributed by atoms with Crippen molar-refractivity contribution in [3.63, 3.8) is 0 Å². The summed E-state index contributed by atoms with van der Waals surface area (Å²) in [5, 5.41) is 9.32. The van der Waals surface area contributed by atoms with Gasteiger partial charge in [-0.1, -0.05) is 60.7 Å². The molecule has 0 saturated heterocycles. The molecule has 40 heavy (non-hydrogen) atoms. The third-order valence-corrected chi connectivity index (χ3v) is 6.75. The second-order valence-electron chi connectivity index (χ2n) is 9.27. The zero-order valence-corrected chi connectivity index (χ0v) is 21.0. The van der Waals surface area contributed by atoms with Crippen LogP contribution in [0, 0.1) is 0 Å². The Hall–Kier alpha value is -5.76. The standard InChI is InChI=1S/C32H20N6O2/c39-31(37-23-9-1-5-19-7-3-17-33-27(19)23)25-15-13-21-11-12-22-14-16-26(36-30(22)29(21)35-25)32(40)38-24-10-2-6-20-8-4-18-34-28(20)24/h1-18H,(H,37,39)(H,38,40). The fraction of sp³-hybridized carbons (Fsp3) is 0. The number of hydrogen-bond donors (Lipinski definition) is 2. The van der Waals surface area contributed by atoms with Gasteiger partial charge in [0.2, 0.25) is 0 Å². The molecule has 0 aliphatic heterocycles. The lowest BCUT2D eigenvalue weighted by Crippen LogP contribution is -2.15. The molecule has 3 aromatic carbocycles. The highest BCUT2D eigenvalue weighted by Gasteiger charge is 2.15. The van der Waals surface area contributed by atoms with E-state index < -0.39 is 0 Å². The number of carbonyl (C=O) groups is 2. The molecule has 2 N–H and O–H groups in total. The molecule has 0 saturated carbocycles. The van der Waals surface area contributed by atoms with E-state index in [1.54, 1.807) is 24.5 Å². The highest BCUT2D eigenvalue weighted by atomic mass is 16.2. The molecule has 8 heteroatoms. The van der Waals surface area contributed by atoms with E-state index in [2.05, 4.69) is 30.6 Å². The van der Waals surface area contributed by atoms with Gasteiger partial charge in [-0.15, -0.1) is 0 Å². The number of carbonyl (C=O) groups excluding carboxylic acids is 2. The number of amides is 2. The number of hydrogen-bond acceptors (Lipinski definition) is 6. The molecule has 2 amide bonds. The summed E-state index contributed by atoms with van der Waals surface area (Å²) < 4.78 is 0. The van der Waals surface area contributed by atoms with Crippen LogP contribution in [0.1, 0.15) is 21.0 Å². The molecular formula is C32H20N6O2. The zero-order chi connectivity index (χ0) is 27.1. The van der Waals surface area contributed by atoms with Crippen molar-refractivity contribution in [2.45, 2.75) is 0 Å². The lowest BCUT2D eigenvalue weighted by atomic mass is 10.1. The minimum Gasteiger partial charge on any atom is -0.319 e. The van der Waals surface area contributed by atoms with Crippen molar-refractivity contribution in [2.75, 3.05) is 10.6 Å². The number of nitrogens with zero attached hydrogens (tertiary/aromatic N) is 4. The van der Waals surface area contributed by atoms with Crippen LogP contribution in [0.2, 0.25) is 0 Å². The number of rotatable bonds is 4. The Morgan fingerprint density at radius 2 is 0.850 bits per heavy atom. The van der Waals surface area contributed by atoms with Gasteiger partial charge >= 0.3 is 0 Å². The van der Waals surface area contributed by atoms with Crippen LogP contribution in [-0.4, -0.2) is 31.8 Å². The van der Waals surface area contributed by atoms with Crippen molar-refractivity contribution < 1.29 is 9.59 Å². The Kier molecular flexibility index (Phi) is 5.56. The van der Waals surface area contributed by atoms with E-state index >= 15 is 0 Å². The number of fused-ring (bicyclic) bond motifs is 5. The Labute approximate surface area is 227 Å². The molecule has 0 bridgehead atoms. The molecule has 0 spiro atoms. The van der Waals surface area contributed by atoms with Gasteiger partial charge in [-0.2, -0.15) is 0 Å². The highest BCUT2D eigenvalue weighted by Crippen LogP contribution is 2.26. The third-order valence-electron chi connectivity index (χ3n) is 6.75. The normalized spacial score (nSPS) is 11.2. The summed E-state index contributed by atoms with van der Waals surface area (Å²) in [6, 6.07) is 29.6. The minimum atomic E-state index is -0.366. The number of aromatic nitrogens is 4. The summed E-state index contributed by atoms with van der Waals surface area (Å²) in [4.78, 5) is 44.6. The second-order valence-corrected chi connectivity index (χ2v) is 9.27. The molecule has 0 radical (unpaired) electrons. The van der Waals surface area contributed by atoms with Crippen molar-refractivity contribution >= 4 is 66.8 Å². The van der Waals surface area contributed by atoms with Crippen LogP contribution in [0.4, 0.5) is 11.4 Å². The van der Waals surface area contributed by atoms with Crippen LogP contribution in [0.5, 0.6) is 0 Å². The fourth-order valence-corrected chi connectivity index (χ4v) is 4.80. The molecule has 4 aromatic heterocycles. The lowest BCUT2D eigenvalue weighted by Gasteiger charge is -2.10. The molecular weight excluding hydrogens is 500 g/mol. The van der Waals surface area contributed by atoms with Gasteiger partial charge < -0.3 is 10.6 Å². The molecule has 7 rings (SSSR count). The lowest BCUT2D eigenvalue weighted by molar-refractivity contribution is 0.101. The number of para-hydroxylation sites is 2. The first-order valence-electron chi connectivity index (χ1n) is 12.6. The van der Waals surface area contributed by atoms with Crippen LogP contribution in [-0.2, 0) is 0 Å². The maximum Gasteiger partial charge on any atom is 0.274 e. The van der Waals surface area contributed by atoms with Gasteiger partial charge in [0.05, 0.1) is 33.4 Å². The van der Waals surface area contributed by atoms with Gasteiger partial charge in [0.15, 0.2) is 0 Å². The first-order chi connectivity index (χ1) is 19.6. The number of nitrogens with one attached hydrogen (secondary N) is 2. The van der Waals surface area contributed by atoms with Crippen LogP contribution >= 0.6 is 0 Å².